The van der Waals surface area contributed by atoms with Crippen LogP contribution in [0, 0.1) is 11.3 Å². The summed E-state index contributed by atoms with van der Waals surface area (Å²) in [4.78, 5) is 34.6. The summed E-state index contributed by atoms with van der Waals surface area (Å²) >= 11 is 0. The average molecular weight is 758 g/mol. The highest BCUT2D eigenvalue weighted by Gasteiger charge is 2.27. The maximum Gasteiger partial charge on any atom is 0.324 e. The molecule has 1 fully saturated rings. The lowest BCUT2D eigenvalue weighted by Gasteiger charge is -2.29. The van der Waals surface area contributed by atoms with E-state index in [4.69, 9.17) is 24.7 Å². The summed E-state index contributed by atoms with van der Waals surface area (Å²) in [5.41, 5.74) is 9.41. The van der Waals surface area contributed by atoms with E-state index in [9.17, 15) is 14.9 Å². The zero-order valence-corrected chi connectivity index (χ0v) is 32.3. The highest BCUT2D eigenvalue weighted by Crippen LogP contribution is 2.44. The number of carbonyl (C=O) groups is 2. The minimum atomic E-state index is -0.716. The van der Waals surface area contributed by atoms with Gasteiger partial charge in [-0.15, -0.1) is 0 Å². The molecule has 0 aliphatic carbocycles. The quantitative estimate of drug-likeness (QED) is 0.110. The first-order chi connectivity index (χ1) is 27.0. The lowest BCUT2D eigenvalue weighted by Crippen LogP contribution is -2.41. The van der Waals surface area contributed by atoms with Crippen LogP contribution in [0.5, 0.6) is 23.0 Å². The fraction of sp³-hybridized carbons (Fsp3) is 0.302. The summed E-state index contributed by atoms with van der Waals surface area (Å²) in [5, 5.41) is 17.3. The number of nitrogens with two attached hydrogens (primary N) is 1. The lowest BCUT2D eigenvalue weighted by atomic mass is 9.85. The second-order valence-corrected chi connectivity index (χ2v) is 14.3. The van der Waals surface area contributed by atoms with Crippen LogP contribution in [0.3, 0.4) is 0 Å². The third-order valence-corrected chi connectivity index (χ3v) is 9.50. The summed E-state index contributed by atoms with van der Waals surface area (Å²) in [7, 11) is 3.07. The monoisotopic (exact) mass is 757 g/mol. The minimum absolute atomic E-state index is 0.0903. The second kappa shape index (κ2) is 17.4. The number of methoxy groups -OCH3 is 2. The number of aromatic nitrogens is 1. The Kier molecular flexibility index (Phi) is 12.2. The number of hydrogen-bond acceptors (Lipinski definition) is 10. The first-order valence-corrected chi connectivity index (χ1v) is 18.4. The molecule has 1 saturated heterocycles. The number of benzene rings is 4. The van der Waals surface area contributed by atoms with Gasteiger partial charge in [0.15, 0.2) is 0 Å². The number of anilines is 4. The van der Waals surface area contributed by atoms with E-state index in [0.717, 1.165) is 30.6 Å². The van der Waals surface area contributed by atoms with Crippen molar-refractivity contribution in [3.05, 3.63) is 102 Å². The fourth-order valence-corrected chi connectivity index (χ4v) is 6.62. The number of nitrogens with one attached hydrogen (secondary N) is 2. The van der Waals surface area contributed by atoms with Gasteiger partial charge in [-0.2, -0.15) is 5.26 Å². The van der Waals surface area contributed by atoms with Gasteiger partial charge in [0.25, 0.3) is 5.91 Å². The van der Waals surface area contributed by atoms with E-state index < -0.39 is 6.03 Å². The lowest BCUT2D eigenvalue weighted by molar-refractivity contribution is 0.0383. The molecule has 4 N–H and O–H groups in total. The van der Waals surface area contributed by atoms with Crippen molar-refractivity contribution in [2.24, 2.45) is 5.73 Å². The van der Waals surface area contributed by atoms with Gasteiger partial charge in [-0.25, -0.2) is 9.78 Å². The number of nitrogens with zero attached hydrogens (tertiary/aromatic N) is 4. The predicted molar refractivity (Wildman–Crippen MR) is 217 cm³/mol. The Bertz CT molecular complexity index is 2260. The van der Waals surface area contributed by atoms with Gasteiger partial charge < -0.3 is 35.3 Å². The molecule has 1 aliphatic heterocycles. The van der Waals surface area contributed by atoms with Crippen molar-refractivity contribution in [3.8, 4) is 29.1 Å². The summed E-state index contributed by atoms with van der Waals surface area (Å²) < 4.78 is 23.2. The third-order valence-electron chi connectivity index (χ3n) is 9.50. The molecule has 13 heteroatoms. The third kappa shape index (κ3) is 9.11. The Hall–Kier alpha value is -6.36. The van der Waals surface area contributed by atoms with Crippen LogP contribution in [0.1, 0.15) is 42.3 Å². The molecule has 0 saturated carbocycles. The van der Waals surface area contributed by atoms with Crippen LogP contribution in [-0.2, 0) is 16.6 Å². The van der Waals surface area contributed by atoms with Crippen LogP contribution in [0.25, 0.3) is 10.8 Å². The van der Waals surface area contributed by atoms with Crippen molar-refractivity contribution in [2.75, 3.05) is 63.8 Å². The summed E-state index contributed by atoms with van der Waals surface area (Å²) in [6, 6.07) is 25.2. The Labute approximate surface area is 326 Å². The van der Waals surface area contributed by atoms with Gasteiger partial charge in [0.05, 0.1) is 51.3 Å². The topological polar surface area (TPSA) is 164 Å². The van der Waals surface area contributed by atoms with Crippen LogP contribution in [0.4, 0.5) is 27.7 Å². The van der Waals surface area contributed by atoms with Crippen molar-refractivity contribution in [2.45, 2.75) is 32.6 Å². The molecule has 0 atom stereocenters. The van der Waals surface area contributed by atoms with Gasteiger partial charge in [-0.05, 0) is 47.4 Å². The summed E-state index contributed by atoms with van der Waals surface area (Å²) in [6.45, 7) is 10.5. The number of primary amides is 1. The van der Waals surface area contributed by atoms with Crippen LogP contribution in [0.2, 0.25) is 0 Å². The highest BCUT2D eigenvalue weighted by molar-refractivity contribution is 6.09. The number of morpholine rings is 1. The molecular formula is C43H47N7O6. The van der Waals surface area contributed by atoms with E-state index in [1.54, 1.807) is 55.8 Å². The smallest absolute Gasteiger partial charge is 0.324 e. The molecule has 0 bridgehead atoms. The molecule has 13 nitrogen and oxygen atoms in total. The van der Waals surface area contributed by atoms with Gasteiger partial charge >= 0.3 is 6.03 Å². The molecule has 3 amide bonds. The first kappa shape index (κ1) is 39.3. The molecule has 6 rings (SSSR count). The van der Waals surface area contributed by atoms with Crippen LogP contribution in [-0.4, -0.2) is 75.4 Å². The number of pyridine rings is 1. The molecule has 290 valence electrons. The maximum absolute atomic E-state index is 13.4. The number of nitriles is 1. The van der Waals surface area contributed by atoms with E-state index in [-0.39, 0.29) is 17.7 Å². The summed E-state index contributed by atoms with van der Waals surface area (Å²) in [6.07, 6.45) is 1.71. The van der Waals surface area contributed by atoms with Crippen molar-refractivity contribution < 1.29 is 28.5 Å². The van der Waals surface area contributed by atoms with Crippen LogP contribution in [0.15, 0.2) is 85.1 Å². The highest BCUT2D eigenvalue weighted by atomic mass is 16.5. The normalized spacial score (nSPS) is 13.1. The molecule has 2 heterocycles. The Morgan fingerprint density at radius 1 is 0.946 bits per heavy atom. The number of fused-ring (bicyclic) bond motifs is 1. The number of amides is 3. The number of rotatable bonds is 13. The van der Waals surface area contributed by atoms with Gasteiger partial charge in [-0.3, -0.25) is 14.6 Å². The van der Waals surface area contributed by atoms with Crippen molar-refractivity contribution >= 4 is 45.6 Å². The predicted octanol–water partition coefficient (Wildman–Crippen LogP) is 7.43. The molecule has 0 radical (unpaired) electrons. The largest absolute Gasteiger partial charge is 0.497 e. The zero-order valence-electron chi connectivity index (χ0n) is 32.3. The molecule has 1 aliphatic rings. The first-order valence-electron chi connectivity index (χ1n) is 18.4. The number of ether oxygens (including phenoxy) is 4. The van der Waals surface area contributed by atoms with Crippen molar-refractivity contribution in [3.63, 3.8) is 0 Å². The van der Waals surface area contributed by atoms with Crippen molar-refractivity contribution in [1.82, 2.24) is 15.2 Å². The number of urea groups is 1. The van der Waals surface area contributed by atoms with Gasteiger partial charge in [0.2, 0.25) is 0 Å². The molecule has 0 unspecified atom stereocenters. The van der Waals surface area contributed by atoms with Gasteiger partial charge in [0.1, 0.15) is 28.8 Å². The standard InChI is InChI=1S/C43H47N7O6/c1-43(2,3)30-22-28(12-14-44)40(54-5)37(25-30)50(42(45)52)36-10-11-38(35-9-7-6-8-34(35)36)56-32-13-15-46-39(27-32)48-31-23-29(24-33(26-31)53-4)41(51)47-16-17-49-18-20-55-21-19-49/h6-11,13,15,22-27H,12,16-21H2,1-5H3,(H2,45,52)(H,46,48)(H,47,51). The Morgan fingerprint density at radius 3 is 2.41 bits per heavy atom. The van der Waals surface area contributed by atoms with Crippen molar-refractivity contribution in [1.29, 1.82) is 5.26 Å². The minimum Gasteiger partial charge on any atom is -0.497 e. The van der Waals surface area contributed by atoms with Gasteiger partial charge in [0, 0.05) is 72.1 Å². The maximum atomic E-state index is 13.4. The second-order valence-electron chi connectivity index (χ2n) is 14.3. The molecule has 4 aromatic carbocycles. The van der Waals surface area contributed by atoms with E-state index in [0.29, 0.717) is 82.1 Å². The fourth-order valence-electron chi connectivity index (χ4n) is 6.62. The van der Waals surface area contributed by atoms with E-state index in [2.05, 4.69) is 47.4 Å². The van der Waals surface area contributed by atoms with Crippen LogP contribution < -0.4 is 35.5 Å². The number of hydrogen-bond donors (Lipinski definition) is 3. The Morgan fingerprint density at radius 2 is 1.71 bits per heavy atom. The van der Waals surface area contributed by atoms with E-state index in [1.807, 2.05) is 36.4 Å². The molecule has 56 heavy (non-hydrogen) atoms. The van der Waals surface area contributed by atoms with E-state index in [1.165, 1.54) is 12.0 Å². The molecule has 5 aromatic rings. The summed E-state index contributed by atoms with van der Waals surface area (Å²) in [5.74, 6) is 2.21. The number of carbonyl (C=O) groups excluding carboxylic acids is 2. The molecule has 1 aromatic heterocycles. The zero-order chi connectivity index (χ0) is 39.8. The van der Waals surface area contributed by atoms with E-state index >= 15 is 0 Å². The SMILES string of the molecule is COc1cc(Nc2cc(Oc3ccc(N(C(N)=O)c4cc(C(C)(C)C)cc(CC#N)c4OC)c4ccccc34)ccn2)cc(C(=O)NCCN2CCOCC2)c1. The van der Waals surface area contributed by atoms with Gasteiger partial charge in [-0.1, -0.05) is 51.1 Å². The molecule has 0 spiro atoms. The average Bonchev–Trinajstić information content (AvgIpc) is 3.18. The Balaban J connectivity index is 1.27. The van der Waals surface area contributed by atoms with Crippen LogP contribution >= 0.6 is 0 Å². The molecular weight excluding hydrogens is 711 g/mol.